The maximum atomic E-state index is 12.8. The molecule has 1 heterocycles. The Morgan fingerprint density at radius 3 is 2.72 bits per heavy atom. The zero-order valence-corrected chi connectivity index (χ0v) is 10.9. The summed E-state index contributed by atoms with van der Waals surface area (Å²) in [6.07, 6.45) is 4.33. The van der Waals surface area contributed by atoms with Crippen LogP contribution in [0.2, 0.25) is 0 Å². The minimum Gasteiger partial charge on any atom is -0.329 e. The maximum Gasteiger partial charge on any atom is 0.237 e. The predicted molar refractivity (Wildman–Crippen MR) is 72.7 cm³/mol. The van der Waals surface area contributed by atoms with Gasteiger partial charge in [0.25, 0.3) is 0 Å². The topological polar surface area (TPSA) is 46.3 Å². The molecule has 1 aliphatic heterocycles. The molecule has 2 N–H and O–H groups in total. The Bertz CT molecular complexity index is 489. The Kier molecular flexibility index (Phi) is 2.67. The molecular weight excluding hydrogens is 224 g/mol. The molecule has 1 aromatic carbocycles. The van der Waals surface area contributed by atoms with Gasteiger partial charge in [-0.25, -0.2) is 0 Å². The highest BCUT2D eigenvalue weighted by Gasteiger charge is 2.51. The lowest BCUT2D eigenvalue weighted by Gasteiger charge is -2.23. The van der Waals surface area contributed by atoms with Gasteiger partial charge in [-0.15, -0.1) is 0 Å². The highest BCUT2D eigenvalue weighted by molar-refractivity contribution is 6.08. The summed E-state index contributed by atoms with van der Waals surface area (Å²) in [4.78, 5) is 14.7. The third kappa shape index (κ3) is 1.43. The molecule has 3 nitrogen and oxygen atoms in total. The third-order valence-corrected chi connectivity index (χ3v) is 4.42. The standard InChI is InChI=1S/C15H20N2O/c1-11-4-5-12-13(10-11)17(9-8-16)14(18)15(12)6-2-3-7-15/h4-5,10H,2-3,6-9,16H2,1H3. The van der Waals surface area contributed by atoms with Crippen molar-refractivity contribution in [3.8, 4) is 0 Å². The molecule has 0 unspecified atom stereocenters. The van der Waals surface area contributed by atoms with E-state index < -0.39 is 0 Å². The first kappa shape index (κ1) is 11.7. The molecule has 0 saturated heterocycles. The molecule has 1 aliphatic carbocycles. The van der Waals surface area contributed by atoms with Crippen molar-refractivity contribution >= 4 is 11.6 Å². The van der Waals surface area contributed by atoms with Gasteiger partial charge < -0.3 is 10.6 Å². The summed E-state index contributed by atoms with van der Waals surface area (Å²) >= 11 is 0. The monoisotopic (exact) mass is 244 g/mol. The number of rotatable bonds is 2. The van der Waals surface area contributed by atoms with Crippen LogP contribution in [0.15, 0.2) is 18.2 Å². The van der Waals surface area contributed by atoms with Crippen LogP contribution in [-0.2, 0) is 10.2 Å². The van der Waals surface area contributed by atoms with E-state index in [0.717, 1.165) is 31.4 Å². The number of aryl methyl sites for hydroxylation is 1. The zero-order chi connectivity index (χ0) is 12.8. The van der Waals surface area contributed by atoms with Gasteiger partial charge in [-0.3, -0.25) is 4.79 Å². The van der Waals surface area contributed by atoms with Gasteiger partial charge in [-0.1, -0.05) is 25.0 Å². The van der Waals surface area contributed by atoms with Crippen LogP contribution < -0.4 is 10.6 Å². The zero-order valence-electron chi connectivity index (χ0n) is 10.9. The Labute approximate surface area is 108 Å². The van der Waals surface area contributed by atoms with E-state index >= 15 is 0 Å². The van der Waals surface area contributed by atoms with Gasteiger partial charge in [0, 0.05) is 18.8 Å². The SMILES string of the molecule is Cc1ccc2c(c1)N(CCN)C(=O)C21CCCC1. The molecule has 18 heavy (non-hydrogen) atoms. The van der Waals surface area contributed by atoms with Crippen molar-refractivity contribution < 1.29 is 4.79 Å². The number of hydrogen-bond acceptors (Lipinski definition) is 2. The molecule has 3 rings (SSSR count). The Morgan fingerprint density at radius 2 is 2.06 bits per heavy atom. The summed E-state index contributed by atoms with van der Waals surface area (Å²) in [5, 5.41) is 0. The number of fused-ring (bicyclic) bond motifs is 2. The largest absolute Gasteiger partial charge is 0.329 e. The van der Waals surface area contributed by atoms with Gasteiger partial charge in [-0.2, -0.15) is 0 Å². The van der Waals surface area contributed by atoms with E-state index in [9.17, 15) is 4.79 Å². The second-order valence-corrected chi connectivity index (χ2v) is 5.56. The fourth-order valence-corrected chi connectivity index (χ4v) is 3.57. The van der Waals surface area contributed by atoms with E-state index in [0.29, 0.717) is 13.1 Å². The average Bonchev–Trinajstić information content (AvgIpc) is 2.92. The first-order valence-corrected chi connectivity index (χ1v) is 6.82. The highest BCUT2D eigenvalue weighted by Crippen LogP contribution is 2.51. The molecule has 3 heteroatoms. The summed E-state index contributed by atoms with van der Waals surface area (Å²) < 4.78 is 0. The van der Waals surface area contributed by atoms with Gasteiger partial charge in [0.15, 0.2) is 0 Å². The van der Waals surface area contributed by atoms with Crippen LogP contribution in [-0.4, -0.2) is 19.0 Å². The summed E-state index contributed by atoms with van der Waals surface area (Å²) in [6.45, 7) is 3.23. The van der Waals surface area contributed by atoms with E-state index in [1.165, 1.54) is 11.1 Å². The lowest BCUT2D eigenvalue weighted by molar-refractivity contribution is -0.123. The second kappa shape index (κ2) is 4.09. The van der Waals surface area contributed by atoms with Crippen molar-refractivity contribution in [2.24, 2.45) is 5.73 Å². The molecule has 1 saturated carbocycles. The van der Waals surface area contributed by atoms with Crippen molar-refractivity contribution in [1.82, 2.24) is 0 Å². The van der Waals surface area contributed by atoms with Crippen molar-refractivity contribution in [1.29, 1.82) is 0 Å². The predicted octanol–water partition coefficient (Wildman–Crippen LogP) is 2.11. The quantitative estimate of drug-likeness (QED) is 0.866. The smallest absolute Gasteiger partial charge is 0.237 e. The van der Waals surface area contributed by atoms with Crippen LogP contribution in [0.3, 0.4) is 0 Å². The summed E-state index contributed by atoms with van der Waals surface area (Å²) in [5.74, 6) is 0.283. The summed E-state index contributed by atoms with van der Waals surface area (Å²) in [7, 11) is 0. The van der Waals surface area contributed by atoms with Crippen molar-refractivity contribution in [2.75, 3.05) is 18.0 Å². The number of hydrogen-bond donors (Lipinski definition) is 1. The molecule has 96 valence electrons. The molecule has 0 radical (unpaired) electrons. The van der Waals surface area contributed by atoms with Crippen molar-refractivity contribution in [3.63, 3.8) is 0 Å². The minimum absolute atomic E-state index is 0.224. The molecular formula is C15H20N2O. The van der Waals surface area contributed by atoms with Gasteiger partial charge in [0.2, 0.25) is 5.91 Å². The first-order valence-electron chi connectivity index (χ1n) is 6.82. The number of benzene rings is 1. The summed E-state index contributed by atoms with van der Waals surface area (Å²) in [6, 6.07) is 6.42. The molecule has 1 aromatic rings. The Balaban J connectivity index is 2.14. The molecule has 0 aromatic heterocycles. The van der Waals surface area contributed by atoms with Crippen LogP contribution in [0, 0.1) is 6.92 Å². The average molecular weight is 244 g/mol. The number of carbonyl (C=O) groups excluding carboxylic acids is 1. The second-order valence-electron chi connectivity index (χ2n) is 5.56. The molecule has 0 bridgehead atoms. The number of nitrogens with two attached hydrogens (primary N) is 1. The molecule has 1 fully saturated rings. The number of nitrogens with zero attached hydrogens (tertiary/aromatic N) is 1. The highest BCUT2D eigenvalue weighted by atomic mass is 16.2. The third-order valence-electron chi connectivity index (χ3n) is 4.42. The van der Waals surface area contributed by atoms with Gasteiger partial charge in [0.1, 0.15) is 0 Å². The number of amides is 1. The van der Waals surface area contributed by atoms with Crippen LogP contribution in [0.5, 0.6) is 0 Å². The van der Waals surface area contributed by atoms with Gasteiger partial charge >= 0.3 is 0 Å². The van der Waals surface area contributed by atoms with E-state index in [2.05, 4.69) is 25.1 Å². The number of anilines is 1. The van der Waals surface area contributed by atoms with Crippen LogP contribution >= 0.6 is 0 Å². The Morgan fingerprint density at radius 1 is 1.33 bits per heavy atom. The van der Waals surface area contributed by atoms with Crippen LogP contribution in [0.25, 0.3) is 0 Å². The minimum atomic E-state index is -0.224. The normalized spacial score (nSPS) is 20.8. The van der Waals surface area contributed by atoms with Gasteiger partial charge in [0.05, 0.1) is 5.41 Å². The molecule has 2 aliphatic rings. The Hall–Kier alpha value is -1.35. The summed E-state index contributed by atoms with van der Waals surface area (Å²) in [5.41, 5.74) is 8.99. The van der Waals surface area contributed by atoms with Crippen LogP contribution in [0.4, 0.5) is 5.69 Å². The van der Waals surface area contributed by atoms with Crippen LogP contribution in [0.1, 0.15) is 36.8 Å². The van der Waals surface area contributed by atoms with Crippen molar-refractivity contribution in [3.05, 3.63) is 29.3 Å². The lowest BCUT2D eigenvalue weighted by atomic mass is 9.80. The van der Waals surface area contributed by atoms with E-state index in [-0.39, 0.29) is 11.3 Å². The lowest BCUT2D eigenvalue weighted by Crippen LogP contribution is -2.40. The maximum absolute atomic E-state index is 12.8. The molecule has 1 amide bonds. The number of carbonyl (C=O) groups is 1. The van der Waals surface area contributed by atoms with E-state index in [1.54, 1.807) is 0 Å². The molecule has 1 spiro atoms. The molecule has 0 atom stereocenters. The van der Waals surface area contributed by atoms with Crippen molar-refractivity contribution in [2.45, 2.75) is 38.0 Å². The van der Waals surface area contributed by atoms with Gasteiger partial charge in [-0.05, 0) is 37.0 Å². The van der Waals surface area contributed by atoms with E-state index in [1.807, 2.05) is 4.90 Å². The fraction of sp³-hybridized carbons (Fsp3) is 0.533. The fourth-order valence-electron chi connectivity index (χ4n) is 3.57. The van der Waals surface area contributed by atoms with E-state index in [4.69, 9.17) is 5.73 Å². The first-order chi connectivity index (χ1) is 8.69.